The number of nitrogens with zero attached hydrogens (tertiary/aromatic N) is 3. The van der Waals surface area contributed by atoms with E-state index in [0.29, 0.717) is 37.3 Å². The normalized spacial score (nSPS) is 11.8. The Hall–Kier alpha value is -2.26. The quantitative estimate of drug-likeness (QED) is 0.456. The van der Waals surface area contributed by atoms with Crippen LogP contribution in [0.2, 0.25) is 15.1 Å². The summed E-state index contributed by atoms with van der Waals surface area (Å²) in [5, 5.41) is 15.3. The van der Waals surface area contributed by atoms with Gasteiger partial charge in [0.15, 0.2) is 11.0 Å². The Balaban J connectivity index is 1.58. The smallest absolute Gasteiger partial charge is 0.251 e. The van der Waals surface area contributed by atoms with Crippen LogP contribution < -0.4 is 10.6 Å². The molecule has 0 aliphatic carbocycles. The van der Waals surface area contributed by atoms with E-state index in [-0.39, 0.29) is 18.4 Å². The van der Waals surface area contributed by atoms with Gasteiger partial charge in [0.25, 0.3) is 5.91 Å². The zero-order chi connectivity index (χ0) is 22.5. The zero-order valence-electron chi connectivity index (χ0n) is 16.5. The largest absolute Gasteiger partial charge is 0.345 e. The van der Waals surface area contributed by atoms with E-state index in [9.17, 15) is 9.59 Å². The highest BCUT2D eigenvalue weighted by atomic mass is 35.5. The third kappa shape index (κ3) is 6.36. The molecular formula is C20H18Cl3N5O2S. The Morgan fingerprint density at radius 3 is 2.32 bits per heavy atom. The summed E-state index contributed by atoms with van der Waals surface area (Å²) in [6.45, 7) is 1.94. The first kappa shape index (κ1) is 23.4. The number of halogens is 3. The average molecular weight is 499 g/mol. The molecule has 2 amide bonds. The van der Waals surface area contributed by atoms with Crippen molar-refractivity contribution in [3.63, 3.8) is 0 Å². The fraction of sp³-hybridized carbons (Fsp3) is 0.200. The van der Waals surface area contributed by atoms with Crippen molar-refractivity contribution in [3.8, 4) is 0 Å². The molecule has 0 aliphatic heterocycles. The topological polar surface area (TPSA) is 88.9 Å². The van der Waals surface area contributed by atoms with Crippen LogP contribution in [0, 0.1) is 0 Å². The minimum Gasteiger partial charge on any atom is -0.345 e. The summed E-state index contributed by atoms with van der Waals surface area (Å²) in [6, 6.07) is 11.4. The highest BCUT2D eigenvalue weighted by molar-refractivity contribution is 8.00. The Morgan fingerprint density at radius 1 is 1.03 bits per heavy atom. The van der Waals surface area contributed by atoms with Crippen LogP contribution in [-0.2, 0) is 18.4 Å². The maximum Gasteiger partial charge on any atom is 0.251 e. The second kappa shape index (κ2) is 10.4. The molecule has 2 N–H and O–H groups in total. The summed E-state index contributed by atoms with van der Waals surface area (Å²) in [4.78, 5) is 24.8. The highest BCUT2D eigenvalue weighted by Gasteiger charge is 2.19. The van der Waals surface area contributed by atoms with Crippen molar-refractivity contribution in [2.45, 2.75) is 23.9 Å². The molecule has 0 saturated carbocycles. The van der Waals surface area contributed by atoms with Crippen LogP contribution in [0.3, 0.4) is 0 Å². The van der Waals surface area contributed by atoms with Crippen LogP contribution in [0.25, 0.3) is 0 Å². The van der Waals surface area contributed by atoms with Crippen molar-refractivity contribution in [2.75, 3.05) is 5.32 Å². The van der Waals surface area contributed by atoms with Gasteiger partial charge in [-0.2, -0.15) is 0 Å². The Morgan fingerprint density at radius 2 is 1.68 bits per heavy atom. The number of anilines is 1. The third-order valence-electron chi connectivity index (χ3n) is 4.22. The fourth-order valence-corrected chi connectivity index (χ4v) is 4.03. The molecule has 7 nitrogen and oxygen atoms in total. The van der Waals surface area contributed by atoms with Crippen LogP contribution >= 0.6 is 46.6 Å². The second-order valence-electron chi connectivity index (χ2n) is 6.55. The average Bonchev–Trinajstić information content (AvgIpc) is 3.05. The van der Waals surface area contributed by atoms with Crippen LogP contribution in [0.1, 0.15) is 23.1 Å². The van der Waals surface area contributed by atoms with Crippen molar-refractivity contribution < 1.29 is 9.59 Å². The zero-order valence-corrected chi connectivity index (χ0v) is 19.6. The molecule has 0 bridgehead atoms. The summed E-state index contributed by atoms with van der Waals surface area (Å²) in [6.07, 6.45) is 0. The molecule has 3 aromatic rings. The van der Waals surface area contributed by atoms with Gasteiger partial charge in [-0.05, 0) is 49.4 Å². The number of carbonyl (C=O) groups excluding carboxylic acids is 2. The number of rotatable bonds is 7. The molecular weight excluding hydrogens is 481 g/mol. The lowest BCUT2D eigenvalue weighted by Gasteiger charge is -2.12. The monoisotopic (exact) mass is 497 g/mol. The summed E-state index contributed by atoms with van der Waals surface area (Å²) in [7, 11) is 1.77. The molecule has 0 radical (unpaired) electrons. The van der Waals surface area contributed by atoms with Crippen molar-refractivity contribution in [1.82, 2.24) is 20.1 Å². The van der Waals surface area contributed by atoms with Gasteiger partial charge in [-0.1, -0.05) is 46.6 Å². The van der Waals surface area contributed by atoms with E-state index >= 15 is 0 Å². The van der Waals surface area contributed by atoms with Gasteiger partial charge >= 0.3 is 0 Å². The molecule has 31 heavy (non-hydrogen) atoms. The number of aromatic nitrogens is 3. The molecule has 1 unspecified atom stereocenters. The second-order valence-corrected chi connectivity index (χ2v) is 9.17. The van der Waals surface area contributed by atoms with Gasteiger partial charge < -0.3 is 15.2 Å². The first-order valence-electron chi connectivity index (χ1n) is 9.08. The lowest BCUT2D eigenvalue weighted by atomic mass is 10.2. The van der Waals surface area contributed by atoms with Gasteiger partial charge in [-0.25, -0.2) is 0 Å². The Kier molecular flexibility index (Phi) is 7.83. The van der Waals surface area contributed by atoms with Crippen LogP contribution in [0.4, 0.5) is 5.69 Å². The van der Waals surface area contributed by atoms with Gasteiger partial charge in [0.05, 0.1) is 11.8 Å². The molecule has 0 saturated heterocycles. The van der Waals surface area contributed by atoms with E-state index in [2.05, 4.69) is 20.8 Å². The summed E-state index contributed by atoms with van der Waals surface area (Å²) in [5.41, 5.74) is 1.01. The number of benzene rings is 2. The van der Waals surface area contributed by atoms with Crippen molar-refractivity contribution in [2.24, 2.45) is 7.05 Å². The molecule has 0 spiro atoms. The summed E-state index contributed by atoms with van der Waals surface area (Å²) in [5.74, 6) is 0.0739. The molecule has 0 fully saturated rings. The number of thioether (sulfide) groups is 1. The van der Waals surface area contributed by atoms with Gasteiger partial charge in [-0.3, -0.25) is 9.59 Å². The minimum absolute atomic E-state index is 0.188. The number of nitrogens with one attached hydrogen (secondary N) is 2. The maximum absolute atomic E-state index is 12.5. The van der Waals surface area contributed by atoms with Gasteiger partial charge in [0.2, 0.25) is 5.91 Å². The fourth-order valence-electron chi connectivity index (χ4n) is 2.55. The first-order valence-corrected chi connectivity index (χ1v) is 11.1. The number of carbonyl (C=O) groups is 2. The Bertz CT molecular complexity index is 1080. The van der Waals surface area contributed by atoms with Gasteiger partial charge in [0.1, 0.15) is 0 Å². The lowest BCUT2D eigenvalue weighted by Crippen LogP contribution is -2.24. The Labute approximate surface area is 198 Å². The van der Waals surface area contributed by atoms with E-state index in [4.69, 9.17) is 34.8 Å². The summed E-state index contributed by atoms with van der Waals surface area (Å²) < 4.78 is 1.73. The highest BCUT2D eigenvalue weighted by Crippen LogP contribution is 2.25. The molecule has 1 atom stereocenters. The van der Waals surface area contributed by atoms with Gasteiger partial charge in [-0.15, -0.1) is 10.2 Å². The first-order chi connectivity index (χ1) is 14.7. The van der Waals surface area contributed by atoms with Crippen LogP contribution in [-0.4, -0.2) is 31.8 Å². The van der Waals surface area contributed by atoms with Crippen molar-refractivity contribution >= 4 is 64.1 Å². The molecule has 162 valence electrons. The molecule has 1 aromatic heterocycles. The van der Waals surface area contributed by atoms with Crippen LogP contribution in [0.15, 0.2) is 47.6 Å². The SMILES string of the molecule is CC(Sc1nnc(CNC(=O)c2ccc(Cl)cc2)n1C)C(=O)Nc1cc(Cl)cc(Cl)c1. The van der Waals surface area contributed by atoms with E-state index in [1.165, 1.54) is 11.8 Å². The third-order valence-corrected chi connectivity index (χ3v) is 6.04. The van der Waals surface area contributed by atoms with E-state index in [1.54, 1.807) is 61.0 Å². The molecule has 1 heterocycles. The number of hydrogen-bond donors (Lipinski definition) is 2. The standard InChI is InChI=1S/C20H18Cl3N5O2S/c1-11(18(29)25-16-8-14(22)7-15(23)9-16)31-20-27-26-17(28(20)2)10-24-19(30)12-3-5-13(21)6-4-12/h3-9,11H,10H2,1-2H3,(H,24,30)(H,25,29). The van der Waals surface area contributed by atoms with Crippen molar-refractivity contribution in [1.29, 1.82) is 0 Å². The van der Waals surface area contributed by atoms with Crippen molar-refractivity contribution in [3.05, 3.63) is 68.9 Å². The molecule has 0 aliphatic rings. The molecule has 3 rings (SSSR count). The predicted octanol–water partition coefficient (Wildman–Crippen LogP) is 4.82. The predicted molar refractivity (Wildman–Crippen MR) is 124 cm³/mol. The summed E-state index contributed by atoms with van der Waals surface area (Å²) >= 11 is 19.0. The van der Waals surface area contributed by atoms with E-state index in [1.807, 2.05) is 0 Å². The number of hydrogen-bond acceptors (Lipinski definition) is 5. The molecule has 2 aromatic carbocycles. The lowest BCUT2D eigenvalue weighted by molar-refractivity contribution is -0.115. The van der Waals surface area contributed by atoms with Crippen LogP contribution in [0.5, 0.6) is 0 Å². The van der Waals surface area contributed by atoms with E-state index < -0.39 is 5.25 Å². The maximum atomic E-state index is 12.5. The minimum atomic E-state index is -0.461. The molecule has 11 heteroatoms. The van der Waals surface area contributed by atoms with E-state index in [0.717, 1.165) is 0 Å². The number of amides is 2. The van der Waals surface area contributed by atoms with Gasteiger partial charge in [0, 0.05) is 33.4 Å².